The molecule has 2 heterocycles. The number of nitrogens with zero attached hydrogens (tertiary/aromatic N) is 4. The monoisotopic (exact) mass is 260 g/mol. The zero-order valence-corrected chi connectivity index (χ0v) is 11.6. The quantitative estimate of drug-likeness (QED) is 0.768. The van der Waals surface area contributed by atoms with Crippen LogP contribution in [0.25, 0.3) is 0 Å². The molecule has 0 spiro atoms. The third-order valence-corrected chi connectivity index (χ3v) is 4.14. The predicted molar refractivity (Wildman–Crippen MR) is 72.8 cm³/mol. The first-order valence-electron chi connectivity index (χ1n) is 6.98. The van der Waals surface area contributed by atoms with Crippen molar-refractivity contribution in [1.29, 1.82) is 0 Å². The van der Waals surface area contributed by atoms with Crippen LogP contribution in [-0.2, 0) is 11.3 Å². The normalized spacial score (nSPS) is 20.6. The van der Waals surface area contributed by atoms with E-state index in [-0.39, 0.29) is 5.91 Å². The van der Waals surface area contributed by atoms with Gasteiger partial charge < -0.3 is 9.80 Å². The molecule has 102 valence electrons. The van der Waals surface area contributed by atoms with Crippen molar-refractivity contribution in [2.24, 2.45) is 0 Å². The summed E-state index contributed by atoms with van der Waals surface area (Å²) in [6.45, 7) is 2.96. The van der Waals surface area contributed by atoms with Gasteiger partial charge in [-0.15, -0.1) is 0 Å². The number of carbonyl (C=O) groups excluding carboxylic acids is 1. The molecule has 0 aromatic carbocycles. The molecule has 1 saturated carbocycles. The van der Waals surface area contributed by atoms with Crippen molar-refractivity contribution in [3.05, 3.63) is 17.6 Å². The lowest BCUT2D eigenvalue weighted by Crippen LogP contribution is -2.40. The van der Waals surface area contributed by atoms with Gasteiger partial charge in [0, 0.05) is 24.8 Å². The molecule has 1 fully saturated rings. The van der Waals surface area contributed by atoms with Gasteiger partial charge in [-0.05, 0) is 19.8 Å². The maximum Gasteiger partial charge on any atom is 0.242 e. The summed E-state index contributed by atoms with van der Waals surface area (Å²) < 4.78 is 0. The van der Waals surface area contributed by atoms with Crippen molar-refractivity contribution >= 4 is 11.7 Å². The van der Waals surface area contributed by atoms with E-state index in [2.05, 4.69) is 14.9 Å². The fourth-order valence-electron chi connectivity index (χ4n) is 3.05. The summed E-state index contributed by atoms with van der Waals surface area (Å²) in [5.74, 6) is 1.92. The molecule has 0 unspecified atom stereocenters. The van der Waals surface area contributed by atoms with Crippen LogP contribution in [0.1, 0.15) is 37.1 Å². The molecule has 1 amide bonds. The van der Waals surface area contributed by atoms with Crippen LogP contribution in [0.5, 0.6) is 0 Å². The van der Waals surface area contributed by atoms with Gasteiger partial charge in [0.2, 0.25) is 5.91 Å². The third kappa shape index (κ3) is 2.29. The highest BCUT2D eigenvalue weighted by Gasteiger charge is 2.31. The van der Waals surface area contributed by atoms with Crippen LogP contribution in [0.15, 0.2) is 6.20 Å². The molecular formula is C14H20N4O. The van der Waals surface area contributed by atoms with Gasteiger partial charge in [-0.25, -0.2) is 9.97 Å². The molecule has 2 aliphatic rings. The Hall–Kier alpha value is -1.65. The van der Waals surface area contributed by atoms with E-state index in [1.54, 1.807) is 4.90 Å². The fourth-order valence-corrected chi connectivity index (χ4v) is 3.05. The molecule has 19 heavy (non-hydrogen) atoms. The predicted octanol–water partition coefficient (Wildman–Crippen LogP) is 1.51. The number of amides is 1. The smallest absolute Gasteiger partial charge is 0.242 e. The minimum absolute atomic E-state index is 0.169. The number of hydrogen-bond acceptors (Lipinski definition) is 4. The van der Waals surface area contributed by atoms with E-state index in [1.807, 2.05) is 20.2 Å². The number of fused-ring (bicyclic) bond motifs is 1. The molecule has 0 radical (unpaired) electrons. The van der Waals surface area contributed by atoms with E-state index < -0.39 is 0 Å². The number of aromatic nitrogens is 2. The molecule has 1 aliphatic carbocycles. The van der Waals surface area contributed by atoms with Gasteiger partial charge in [0.05, 0.1) is 13.1 Å². The van der Waals surface area contributed by atoms with Gasteiger partial charge in [-0.3, -0.25) is 4.79 Å². The van der Waals surface area contributed by atoms with Gasteiger partial charge in [0.15, 0.2) is 0 Å². The number of likely N-dealkylation sites (N-methyl/N-ethyl adjacent to an activating group) is 1. The second-order valence-electron chi connectivity index (χ2n) is 5.58. The van der Waals surface area contributed by atoms with Gasteiger partial charge in [-0.2, -0.15) is 0 Å². The van der Waals surface area contributed by atoms with E-state index in [0.717, 1.165) is 17.2 Å². The van der Waals surface area contributed by atoms with Crippen molar-refractivity contribution in [3.8, 4) is 0 Å². The van der Waals surface area contributed by atoms with Gasteiger partial charge in [0.25, 0.3) is 0 Å². The number of hydrogen-bond donors (Lipinski definition) is 0. The topological polar surface area (TPSA) is 49.3 Å². The van der Waals surface area contributed by atoms with Gasteiger partial charge in [-0.1, -0.05) is 12.8 Å². The Morgan fingerprint density at radius 3 is 2.74 bits per heavy atom. The Balaban J connectivity index is 2.02. The summed E-state index contributed by atoms with van der Waals surface area (Å²) in [5.41, 5.74) is 1.06. The highest BCUT2D eigenvalue weighted by atomic mass is 16.2. The Bertz CT molecular complexity index is 496. The Morgan fingerprint density at radius 2 is 2.00 bits per heavy atom. The lowest BCUT2D eigenvalue weighted by atomic mass is 10.2. The average molecular weight is 260 g/mol. The van der Waals surface area contributed by atoms with E-state index in [0.29, 0.717) is 19.1 Å². The maximum atomic E-state index is 12.2. The van der Waals surface area contributed by atoms with Crippen molar-refractivity contribution in [2.45, 2.75) is 45.2 Å². The summed E-state index contributed by atoms with van der Waals surface area (Å²) in [6, 6.07) is 0.462. The first-order valence-corrected chi connectivity index (χ1v) is 6.98. The van der Waals surface area contributed by atoms with Crippen LogP contribution in [0.2, 0.25) is 0 Å². The second-order valence-corrected chi connectivity index (χ2v) is 5.58. The molecule has 1 aliphatic heterocycles. The molecule has 1 aromatic rings. The minimum Gasteiger partial charge on any atom is -0.344 e. The van der Waals surface area contributed by atoms with Gasteiger partial charge in [0.1, 0.15) is 11.6 Å². The summed E-state index contributed by atoms with van der Waals surface area (Å²) in [5, 5.41) is 0. The number of anilines is 1. The first kappa shape index (κ1) is 12.4. The lowest BCUT2D eigenvalue weighted by Gasteiger charge is -2.29. The molecule has 3 rings (SSSR count). The van der Waals surface area contributed by atoms with E-state index in [4.69, 9.17) is 0 Å². The maximum absolute atomic E-state index is 12.2. The minimum atomic E-state index is 0.169. The lowest BCUT2D eigenvalue weighted by molar-refractivity contribution is -0.128. The Kier molecular flexibility index (Phi) is 3.12. The molecular weight excluding hydrogens is 240 g/mol. The van der Waals surface area contributed by atoms with Crippen molar-refractivity contribution in [1.82, 2.24) is 14.9 Å². The highest BCUT2D eigenvalue weighted by molar-refractivity contribution is 5.82. The summed E-state index contributed by atoms with van der Waals surface area (Å²) in [7, 11) is 1.85. The standard InChI is InChI=1S/C14H20N4O/c1-10-15-7-11-8-17(2)13(19)9-18(14(11)16-10)12-5-3-4-6-12/h7,12H,3-6,8-9H2,1-2H3. The molecule has 5 nitrogen and oxygen atoms in total. The molecule has 0 N–H and O–H groups in total. The van der Waals surface area contributed by atoms with Crippen LogP contribution < -0.4 is 4.90 Å². The number of carbonyl (C=O) groups is 1. The molecule has 1 aromatic heterocycles. The van der Waals surface area contributed by atoms with E-state index in [1.165, 1.54) is 25.7 Å². The second kappa shape index (κ2) is 4.79. The fraction of sp³-hybridized carbons (Fsp3) is 0.643. The SMILES string of the molecule is Cc1ncc2c(n1)N(C1CCCC1)CC(=O)N(C)C2. The highest BCUT2D eigenvalue weighted by Crippen LogP contribution is 2.31. The molecule has 0 bridgehead atoms. The first-order chi connectivity index (χ1) is 9.15. The molecule has 5 heteroatoms. The Labute approximate surface area is 113 Å². The summed E-state index contributed by atoms with van der Waals surface area (Å²) in [4.78, 5) is 25.0. The average Bonchev–Trinajstić information content (AvgIpc) is 2.87. The summed E-state index contributed by atoms with van der Waals surface area (Å²) >= 11 is 0. The van der Waals surface area contributed by atoms with Crippen LogP contribution in [0.3, 0.4) is 0 Å². The van der Waals surface area contributed by atoms with Crippen molar-refractivity contribution in [2.75, 3.05) is 18.5 Å². The van der Waals surface area contributed by atoms with Crippen molar-refractivity contribution in [3.63, 3.8) is 0 Å². The number of aryl methyl sites for hydroxylation is 1. The van der Waals surface area contributed by atoms with Crippen LogP contribution >= 0.6 is 0 Å². The van der Waals surface area contributed by atoms with Crippen LogP contribution in [-0.4, -0.2) is 40.4 Å². The van der Waals surface area contributed by atoms with Crippen LogP contribution in [0, 0.1) is 6.92 Å². The molecule has 0 saturated heterocycles. The molecule has 0 atom stereocenters. The van der Waals surface area contributed by atoms with Crippen LogP contribution in [0.4, 0.5) is 5.82 Å². The van der Waals surface area contributed by atoms with Crippen molar-refractivity contribution < 1.29 is 4.79 Å². The zero-order chi connectivity index (χ0) is 13.4. The van der Waals surface area contributed by atoms with E-state index >= 15 is 0 Å². The third-order valence-electron chi connectivity index (χ3n) is 4.14. The zero-order valence-electron chi connectivity index (χ0n) is 11.6. The van der Waals surface area contributed by atoms with E-state index in [9.17, 15) is 4.79 Å². The largest absolute Gasteiger partial charge is 0.344 e. The Morgan fingerprint density at radius 1 is 1.26 bits per heavy atom. The number of rotatable bonds is 1. The summed E-state index contributed by atoms with van der Waals surface area (Å²) in [6.07, 6.45) is 6.71. The van der Waals surface area contributed by atoms with Gasteiger partial charge >= 0.3 is 0 Å².